The molecule has 0 aliphatic rings. The van der Waals surface area contributed by atoms with Crippen LogP contribution in [-0.2, 0) is 0 Å². The van der Waals surface area contributed by atoms with Gasteiger partial charge in [0.05, 0.1) is 4.70 Å². The summed E-state index contributed by atoms with van der Waals surface area (Å²) in [6.07, 6.45) is 1.77. The molecule has 72 valence electrons. The van der Waals surface area contributed by atoms with Crippen LogP contribution in [0, 0.1) is 0 Å². The monoisotopic (exact) mass is 212 g/mol. The fraction of sp³-hybridized carbons (Fsp3) is 0. The van der Waals surface area contributed by atoms with Crippen molar-refractivity contribution in [1.82, 2.24) is 9.97 Å². The van der Waals surface area contributed by atoms with Crippen molar-refractivity contribution in [1.29, 1.82) is 0 Å². The third kappa shape index (κ3) is 1.51. The van der Waals surface area contributed by atoms with E-state index in [1.54, 1.807) is 17.5 Å². The molecule has 3 aromatic rings. The number of benzene rings is 1. The van der Waals surface area contributed by atoms with E-state index in [4.69, 9.17) is 0 Å². The Labute approximate surface area is 91.2 Å². The summed E-state index contributed by atoms with van der Waals surface area (Å²) in [5.74, 6) is 0. The van der Waals surface area contributed by atoms with Crippen LogP contribution in [0.15, 0.2) is 48.7 Å². The summed E-state index contributed by atoms with van der Waals surface area (Å²) in [5.41, 5.74) is 1.99. The molecule has 0 N–H and O–H groups in total. The second-order valence-electron chi connectivity index (χ2n) is 3.21. The van der Waals surface area contributed by atoms with E-state index in [0.29, 0.717) is 0 Å². The normalized spacial score (nSPS) is 10.7. The summed E-state index contributed by atoms with van der Waals surface area (Å²) in [5, 5.41) is 1.03. The molecule has 0 saturated heterocycles. The molecular formula is C12H8N2S. The van der Waals surface area contributed by atoms with Gasteiger partial charge in [-0.3, -0.25) is 0 Å². The summed E-state index contributed by atoms with van der Waals surface area (Å²) in [7, 11) is 0. The van der Waals surface area contributed by atoms with E-state index in [2.05, 4.69) is 22.1 Å². The summed E-state index contributed by atoms with van der Waals surface area (Å²) in [4.78, 5) is 8.72. The SMILES string of the molecule is c1ccc(-c2nc3ncccc3s2)cc1. The van der Waals surface area contributed by atoms with E-state index in [1.165, 1.54) is 0 Å². The fourth-order valence-corrected chi connectivity index (χ4v) is 2.40. The van der Waals surface area contributed by atoms with Gasteiger partial charge in [0, 0.05) is 11.8 Å². The molecule has 0 spiro atoms. The minimum atomic E-state index is 0.835. The zero-order valence-electron chi connectivity index (χ0n) is 7.92. The fourth-order valence-electron chi connectivity index (χ4n) is 1.47. The Bertz CT molecular complexity index is 554. The largest absolute Gasteiger partial charge is 0.236 e. The third-order valence-electron chi connectivity index (χ3n) is 2.19. The second kappa shape index (κ2) is 3.44. The minimum absolute atomic E-state index is 0.835. The lowest BCUT2D eigenvalue weighted by molar-refractivity contribution is 1.33. The van der Waals surface area contributed by atoms with E-state index >= 15 is 0 Å². The van der Waals surface area contributed by atoms with Gasteiger partial charge in [0.15, 0.2) is 5.65 Å². The number of thiazole rings is 1. The van der Waals surface area contributed by atoms with Crippen LogP contribution in [0.25, 0.3) is 20.9 Å². The second-order valence-corrected chi connectivity index (χ2v) is 4.24. The molecule has 1 aromatic carbocycles. The molecule has 0 amide bonds. The molecule has 0 saturated carbocycles. The predicted molar refractivity (Wildman–Crippen MR) is 62.9 cm³/mol. The Morgan fingerprint density at radius 1 is 0.933 bits per heavy atom. The first-order chi connectivity index (χ1) is 7.43. The van der Waals surface area contributed by atoms with Crippen molar-refractivity contribution in [3.05, 3.63) is 48.7 Å². The van der Waals surface area contributed by atoms with E-state index in [1.807, 2.05) is 30.3 Å². The first-order valence-corrected chi connectivity index (χ1v) is 5.52. The molecule has 0 unspecified atom stereocenters. The molecule has 0 aliphatic heterocycles. The van der Waals surface area contributed by atoms with Crippen LogP contribution in [0.5, 0.6) is 0 Å². The number of rotatable bonds is 1. The zero-order chi connectivity index (χ0) is 10.1. The molecule has 15 heavy (non-hydrogen) atoms. The van der Waals surface area contributed by atoms with Gasteiger partial charge in [0.1, 0.15) is 5.01 Å². The summed E-state index contributed by atoms with van der Waals surface area (Å²) in [6, 6.07) is 14.2. The van der Waals surface area contributed by atoms with Crippen LogP contribution in [0.4, 0.5) is 0 Å². The number of fused-ring (bicyclic) bond motifs is 1. The van der Waals surface area contributed by atoms with Crippen molar-refractivity contribution in [2.45, 2.75) is 0 Å². The number of aromatic nitrogens is 2. The Morgan fingerprint density at radius 3 is 2.60 bits per heavy atom. The molecule has 3 heteroatoms. The standard InChI is InChI=1S/C12H8N2S/c1-2-5-9(6-3-1)12-14-11-10(15-12)7-4-8-13-11/h1-8H. The molecule has 3 rings (SSSR count). The highest BCUT2D eigenvalue weighted by atomic mass is 32.1. The first-order valence-electron chi connectivity index (χ1n) is 4.70. The highest BCUT2D eigenvalue weighted by molar-refractivity contribution is 7.21. The maximum Gasteiger partial charge on any atom is 0.170 e. The van der Waals surface area contributed by atoms with Gasteiger partial charge in [0.2, 0.25) is 0 Å². The number of nitrogens with zero attached hydrogens (tertiary/aromatic N) is 2. The van der Waals surface area contributed by atoms with E-state index in [0.717, 1.165) is 20.9 Å². The van der Waals surface area contributed by atoms with Crippen molar-refractivity contribution >= 4 is 21.7 Å². The summed E-state index contributed by atoms with van der Waals surface area (Å²) in [6.45, 7) is 0. The highest BCUT2D eigenvalue weighted by Crippen LogP contribution is 2.28. The molecule has 0 radical (unpaired) electrons. The lowest BCUT2D eigenvalue weighted by atomic mass is 10.2. The van der Waals surface area contributed by atoms with Crippen molar-refractivity contribution in [2.75, 3.05) is 0 Å². The number of hydrogen-bond acceptors (Lipinski definition) is 3. The average Bonchev–Trinajstić information content (AvgIpc) is 2.74. The predicted octanol–water partition coefficient (Wildman–Crippen LogP) is 3.36. The lowest BCUT2D eigenvalue weighted by Gasteiger charge is -1.91. The van der Waals surface area contributed by atoms with Crippen molar-refractivity contribution in [3.63, 3.8) is 0 Å². The average molecular weight is 212 g/mol. The number of pyridine rings is 1. The maximum atomic E-state index is 4.49. The molecule has 0 aliphatic carbocycles. The van der Waals surface area contributed by atoms with Crippen LogP contribution in [0.1, 0.15) is 0 Å². The summed E-state index contributed by atoms with van der Waals surface area (Å²) < 4.78 is 1.14. The third-order valence-corrected chi connectivity index (χ3v) is 3.24. The summed E-state index contributed by atoms with van der Waals surface area (Å²) >= 11 is 1.68. The Kier molecular flexibility index (Phi) is 1.96. The van der Waals surface area contributed by atoms with Gasteiger partial charge in [-0.2, -0.15) is 0 Å². The van der Waals surface area contributed by atoms with Gasteiger partial charge in [-0.05, 0) is 12.1 Å². The molecule has 2 nitrogen and oxygen atoms in total. The molecule has 0 fully saturated rings. The molecule has 0 bridgehead atoms. The molecule has 2 aromatic heterocycles. The van der Waals surface area contributed by atoms with Gasteiger partial charge in [-0.1, -0.05) is 30.3 Å². The van der Waals surface area contributed by atoms with Gasteiger partial charge in [0.25, 0.3) is 0 Å². The van der Waals surface area contributed by atoms with Gasteiger partial charge in [-0.25, -0.2) is 9.97 Å². The molecular weight excluding hydrogens is 204 g/mol. The van der Waals surface area contributed by atoms with Crippen LogP contribution in [-0.4, -0.2) is 9.97 Å². The van der Waals surface area contributed by atoms with Gasteiger partial charge < -0.3 is 0 Å². The lowest BCUT2D eigenvalue weighted by Crippen LogP contribution is -1.75. The Hall–Kier alpha value is -1.74. The minimum Gasteiger partial charge on any atom is -0.236 e. The zero-order valence-corrected chi connectivity index (χ0v) is 8.74. The van der Waals surface area contributed by atoms with E-state index < -0.39 is 0 Å². The maximum absolute atomic E-state index is 4.49. The molecule has 2 heterocycles. The van der Waals surface area contributed by atoms with Gasteiger partial charge in [-0.15, -0.1) is 11.3 Å². The van der Waals surface area contributed by atoms with Gasteiger partial charge >= 0.3 is 0 Å². The number of hydrogen-bond donors (Lipinski definition) is 0. The topological polar surface area (TPSA) is 25.8 Å². The highest BCUT2D eigenvalue weighted by Gasteiger charge is 2.05. The van der Waals surface area contributed by atoms with Crippen molar-refractivity contribution in [2.24, 2.45) is 0 Å². The van der Waals surface area contributed by atoms with Crippen molar-refractivity contribution < 1.29 is 0 Å². The Morgan fingerprint density at radius 2 is 1.80 bits per heavy atom. The smallest absolute Gasteiger partial charge is 0.170 e. The quantitative estimate of drug-likeness (QED) is 0.618. The van der Waals surface area contributed by atoms with Crippen LogP contribution < -0.4 is 0 Å². The Balaban J connectivity index is 2.21. The first kappa shape index (κ1) is 8.56. The van der Waals surface area contributed by atoms with Crippen molar-refractivity contribution in [3.8, 4) is 10.6 Å². The van der Waals surface area contributed by atoms with E-state index in [-0.39, 0.29) is 0 Å². The molecule has 0 atom stereocenters. The van der Waals surface area contributed by atoms with Crippen LogP contribution >= 0.6 is 11.3 Å². The van der Waals surface area contributed by atoms with Crippen LogP contribution in [0.3, 0.4) is 0 Å². The van der Waals surface area contributed by atoms with Crippen LogP contribution in [0.2, 0.25) is 0 Å². The van der Waals surface area contributed by atoms with E-state index in [9.17, 15) is 0 Å².